The average Bonchev–Trinajstić information content (AvgIpc) is 2.92. The molecule has 1 saturated heterocycles. The van der Waals surface area contributed by atoms with Gasteiger partial charge in [0.15, 0.2) is 0 Å². The Morgan fingerprint density at radius 3 is 2.94 bits per heavy atom. The zero-order chi connectivity index (χ0) is 11.8. The minimum atomic E-state index is -0.585. The van der Waals surface area contributed by atoms with Gasteiger partial charge in [0.25, 0.3) is 0 Å². The fraction of sp³-hybridized carbons (Fsp3) is 0.385. The molecule has 4 nitrogen and oxygen atoms in total. The molecule has 90 valence electrons. The first-order chi connectivity index (χ1) is 8.29. The first-order valence-electron chi connectivity index (χ1n) is 5.80. The Kier molecular flexibility index (Phi) is 2.63. The van der Waals surface area contributed by atoms with Crippen LogP contribution in [0, 0.1) is 0 Å². The Hall–Kier alpha value is -1.36. The van der Waals surface area contributed by atoms with E-state index in [1.807, 2.05) is 30.5 Å². The molecule has 0 saturated carbocycles. The number of fused-ring (bicyclic) bond motifs is 1. The molecule has 1 aliphatic rings. The number of aliphatic hydroxyl groups is 2. The Labute approximate surface area is 98.8 Å². The Morgan fingerprint density at radius 1 is 1.35 bits per heavy atom. The number of rotatable bonds is 2. The van der Waals surface area contributed by atoms with E-state index in [1.165, 1.54) is 0 Å². The summed E-state index contributed by atoms with van der Waals surface area (Å²) in [6.45, 7) is -0.139. The van der Waals surface area contributed by atoms with E-state index in [2.05, 4.69) is 4.98 Å². The molecule has 0 radical (unpaired) electrons. The summed E-state index contributed by atoms with van der Waals surface area (Å²) in [4.78, 5) is 3.19. The van der Waals surface area contributed by atoms with Crippen LogP contribution in [0.2, 0.25) is 0 Å². The van der Waals surface area contributed by atoms with Crippen LogP contribution in [0.4, 0.5) is 0 Å². The average molecular weight is 233 g/mol. The van der Waals surface area contributed by atoms with Gasteiger partial charge in [0.05, 0.1) is 18.8 Å². The number of hydrogen-bond acceptors (Lipinski definition) is 3. The molecule has 1 fully saturated rings. The second kappa shape index (κ2) is 4.14. The highest BCUT2D eigenvalue weighted by molar-refractivity contribution is 5.83. The van der Waals surface area contributed by atoms with E-state index in [0.29, 0.717) is 6.42 Å². The molecule has 1 aromatic carbocycles. The van der Waals surface area contributed by atoms with Gasteiger partial charge in [-0.2, -0.15) is 0 Å². The van der Waals surface area contributed by atoms with E-state index < -0.39 is 12.2 Å². The first kappa shape index (κ1) is 10.8. The maximum atomic E-state index is 9.74. The van der Waals surface area contributed by atoms with Crippen molar-refractivity contribution in [3.8, 4) is 0 Å². The molecule has 3 atom stereocenters. The highest BCUT2D eigenvalue weighted by Gasteiger charge is 2.35. The van der Waals surface area contributed by atoms with Crippen molar-refractivity contribution >= 4 is 10.9 Å². The van der Waals surface area contributed by atoms with Gasteiger partial charge in [-0.15, -0.1) is 0 Å². The maximum absolute atomic E-state index is 9.74. The third-order valence-corrected chi connectivity index (χ3v) is 3.37. The largest absolute Gasteiger partial charge is 0.394 e. The summed E-state index contributed by atoms with van der Waals surface area (Å²) in [6, 6.07) is 8.00. The minimum absolute atomic E-state index is 0.139. The van der Waals surface area contributed by atoms with Crippen molar-refractivity contribution in [3.63, 3.8) is 0 Å². The van der Waals surface area contributed by atoms with Gasteiger partial charge in [-0.1, -0.05) is 18.2 Å². The molecule has 4 heteroatoms. The van der Waals surface area contributed by atoms with Crippen LogP contribution in [0.5, 0.6) is 0 Å². The van der Waals surface area contributed by atoms with E-state index in [1.54, 1.807) is 0 Å². The number of H-pyrrole nitrogens is 1. The van der Waals surface area contributed by atoms with Crippen LogP contribution in [-0.4, -0.2) is 34.0 Å². The molecule has 2 heterocycles. The number of nitrogens with one attached hydrogen (secondary N) is 1. The normalized spacial score (nSPS) is 28.9. The topological polar surface area (TPSA) is 65.5 Å². The zero-order valence-electron chi connectivity index (χ0n) is 9.34. The predicted molar refractivity (Wildman–Crippen MR) is 63.6 cm³/mol. The number of aromatic amines is 1. The molecule has 0 amide bonds. The van der Waals surface area contributed by atoms with E-state index in [9.17, 15) is 5.11 Å². The molecule has 1 aromatic heterocycles. The molecular formula is C13H15NO3. The Balaban J connectivity index is 1.95. The van der Waals surface area contributed by atoms with Gasteiger partial charge in [0.1, 0.15) is 6.10 Å². The monoisotopic (exact) mass is 233 g/mol. The standard InChI is InChI=1S/C13H15NO3/c15-7-13-11(16)5-12(17-13)9-6-14-10-4-2-1-3-8(9)10/h1-4,6,11-16H,5,7H2/t11-,12+,13+/m0/s1. The summed E-state index contributed by atoms with van der Waals surface area (Å²) in [5, 5.41) is 19.9. The van der Waals surface area contributed by atoms with Gasteiger partial charge in [-0.25, -0.2) is 0 Å². The molecule has 0 spiro atoms. The number of ether oxygens (including phenoxy) is 1. The molecule has 17 heavy (non-hydrogen) atoms. The molecule has 3 N–H and O–H groups in total. The summed E-state index contributed by atoms with van der Waals surface area (Å²) in [5.74, 6) is 0. The molecule has 2 aromatic rings. The fourth-order valence-electron chi connectivity index (χ4n) is 2.45. The van der Waals surface area contributed by atoms with E-state index in [0.717, 1.165) is 16.5 Å². The van der Waals surface area contributed by atoms with Crippen LogP contribution >= 0.6 is 0 Å². The molecule has 0 unspecified atom stereocenters. The van der Waals surface area contributed by atoms with Crippen molar-refractivity contribution in [1.29, 1.82) is 0 Å². The summed E-state index contributed by atoms with van der Waals surface area (Å²) >= 11 is 0. The van der Waals surface area contributed by atoms with Crippen molar-refractivity contribution in [2.45, 2.75) is 24.7 Å². The molecular weight excluding hydrogens is 218 g/mol. The maximum Gasteiger partial charge on any atom is 0.107 e. The first-order valence-corrected chi connectivity index (χ1v) is 5.80. The third-order valence-electron chi connectivity index (χ3n) is 3.37. The minimum Gasteiger partial charge on any atom is -0.394 e. The summed E-state index contributed by atoms with van der Waals surface area (Å²) in [7, 11) is 0. The second-order valence-corrected chi connectivity index (χ2v) is 4.44. The lowest BCUT2D eigenvalue weighted by atomic mass is 10.0. The van der Waals surface area contributed by atoms with Crippen molar-refractivity contribution < 1.29 is 14.9 Å². The van der Waals surface area contributed by atoms with Crippen LogP contribution < -0.4 is 0 Å². The van der Waals surface area contributed by atoms with E-state index in [-0.39, 0.29) is 12.7 Å². The van der Waals surface area contributed by atoms with Crippen LogP contribution in [-0.2, 0) is 4.74 Å². The second-order valence-electron chi connectivity index (χ2n) is 4.44. The van der Waals surface area contributed by atoms with Crippen LogP contribution in [0.15, 0.2) is 30.5 Å². The van der Waals surface area contributed by atoms with Gasteiger partial charge in [-0.3, -0.25) is 0 Å². The molecule has 0 aliphatic carbocycles. The lowest BCUT2D eigenvalue weighted by molar-refractivity contribution is -0.0222. The lowest BCUT2D eigenvalue weighted by Gasteiger charge is -2.11. The number of hydrogen-bond donors (Lipinski definition) is 3. The Morgan fingerprint density at radius 2 is 2.18 bits per heavy atom. The number of aliphatic hydroxyl groups excluding tert-OH is 2. The Bertz CT molecular complexity index is 522. The summed E-state index contributed by atoms with van der Waals surface area (Å²) < 4.78 is 5.66. The van der Waals surface area contributed by atoms with Crippen LogP contribution in [0.3, 0.4) is 0 Å². The van der Waals surface area contributed by atoms with Crippen molar-refractivity contribution in [3.05, 3.63) is 36.0 Å². The smallest absolute Gasteiger partial charge is 0.107 e. The third kappa shape index (κ3) is 1.74. The molecule has 3 rings (SSSR count). The van der Waals surface area contributed by atoms with Crippen molar-refractivity contribution in [2.75, 3.05) is 6.61 Å². The van der Waals surface area contributed by atoms with Crippen LogP contribution in [0.25, 0.3) is 10.9 Å². The van der Waals surface area contributed by atoms with Gasteiger partial charge in [0.2, 0.25) is 0 Å². The van der Waals surface area contributed by atoms with E-state index >= 15 is 0 Å². The van der Waals surface area contributed by atoms with Crippen LogP contribution in [0.1, 0.15) is 18.1 Å². The highest BCUT2D eigenvalue weighted by atomic mass is 16.5. The van der Waals surface area contributed by atoms with Gasteiger partial charge < -0.3 is 19.9 Å². The highest BCUT2D eigenvalue weighted by Crippen LogP contribution is 2.36. The van der Waals surface area contributed by atoms with Crippen molar-refractivity contribution in [1.82, 2.24) is 4.98 Å². The number of aromatic nitrogens is 1. The number of benzene rings is 1. The quantitative estimate of drug-likeness (QED) is 0.733. The molecule has 1 aliphatic heterocycles. The zero-order valence-corrected chi connectivity index (χ0v) is 9.34. The summed E-state index contributed by atoms with van der Waals surface area (Å²) in [5.41, 5.74) is 2.11. The summed E-state index contributed by atoms with van der Waals surface area (Å²) in [6.07, 6.45) is 1.26. The fourth-order valence-corrected chi connectivity index (χ4v) is 2.45. The van der Waals surface area contributed by atoms with E-state index in [4.69, 9.17) is 9.84 Å². The van der Waals surface area contributed by atoms with Gasteiger partial charge in [0, 0.05) is 29.1 Å². The van der Waals surface area contributed by atoms with Gasteiger partial charge in [-0.05, 0) is 6.07 Å². The van der Waals surface area contributed by atoms with Gasteiger partial charge >= 0.3 is 0 Å². The van der Waals surface area contributed by atoms with Crippen molar-refractivity contribution in [2.24, 2.45) is 0 Å². The number of para-hydroxylation sites is 1. The predicted octanol–water partition coefficient (Wildman–Crippen LogP) is 1.35. The SMILES string of the molecule is OC[C@H]1O[C@@H](c2c[nH]c3ccccc23)C[C@@H]1O. The molecule has 0 bridgehead atoms. The lowest BCUT2D eigenvalue weighted by Crippen LogP contribution is -2.24.